The summed E-state index contributed by atoms with van der Waals surface area (Å²) >= 11 is 0. The van der Waals surface area contributed by atoms with Crippen LogP contribution in [0.1, 0.15) is 41.0 Å². The molecular weight excluding hydrogens is 340 g/mol. The topological polar surface area (TPSA) is 151 Å². The van der Waals surface area contributed by atoms with Crippen molar-refractivity contribution < 1.29 is 24.3 Å². The zero-order valence-corrected chi connectivity index (χ0v) is 16.1. The third kappa shape index (κ3) is 7.49. The Hall–Kier alpha value is -2.00. The van der Waals surface area contributed by atoms with Crippen molar-refractivity contribution in [3.63, 3.8) is 0 Å². The van der Waals surface area contributed by atoms with Crippen LogP contribution in [0.25, 0.3) is 0 Å². The van der Waals surface area contributed by atoms with Crippen LogP contribution in [-0.4, -0.2) is 59.9 Å². The SMILES string of the molecule is CC[C@H](C)[C@H](NC(=O)[C@@H](NC(=O)[C@@H](N)C(C)C)[C@@H](C)O)C(=O)NCC=O. The molecule has 5 atom stereocenters. The summed E-state index contributed by atoms with van der Waals surface area (Å²) in [6.45, 7) is 8.34. The van der Waals surface area contributed by atoms with Crippen LogP contribution < -0.4 is 21.7 Å². The van der Waals surface area contributed by atoms with Crippen molar-refractivity contribution in [3.8, 4) is 0 Å². The highest BCUT2D eigenvalue weighted by atomic mass is 16.3. The van der Waals surface area contributed by atoms with Crippen molar-refractivity contribution in [2.45, 2.75) is 65.3 Å². The monoisotopic (exact) mass is 372 g/mol. The molecule has 0 aromatic carbocycles. The number of carbonyl (C=O) groups excluding carboxylic acids is 4. The molecule has 26 heavy (non-hydrogen) atoms. The lowest BCUT2D eigenvalue weighted by Crippen LogP contribution is -2.60. The van der Waals surface area contributed by atoms with Gasteiger partial charge in [-0.1, -0.05) is 34.1 Å². The predicted molar refractivity (Wildman–Crippen MR) is 96.9 cm³/mol. The molecule has 9 heteroatoms. The lowest BCUT2D eigenvalue weighted by atomic mass is 9.97. The molecule has 0 spiro atoms. The first-order valence-electron chi connectivity index (χ1n) is 8.82. The fourth-order valence-corrected chi connectivity index (χ4v) is 2.15. The smallest absolute Gasteiger partial charge is 0.245 e. The fraction of sp³-hybridized carbons (Fsp3) is 0.765. The Balaban J connectivity index is 5.21. The maximum absolute atomic E-state index is 12.5. The molecule has 6 N–H and O–H groups in total. The van der Waals surface area contributed by atoms with E-state index in [9.17, 15) is 24.3 Å². The Morgan fingerprint density at radius 1 is 1.00 bits per heavy atom. The molecule has 150 valence electrons. The van der Waals surface area contributed by atoms with Crippen LogP contribution >= 0.6 is 0 Å². The highest BCUT2D eigenvalue weighted by Gasteiger charge is 2.33. The zero-order valence-electron chi connectivity index (χ0n) is 16.1. The van der Waals surface area contributed by atoms with Crippen molar-refractivity contribution in [1.82, 2.24) is 16.0 Å². The van der Waals surface area contributed by atoms with E-state index in [4.69, 9.17) is 5.73 Å². The number of hydrogen-bond donors (Lipinski definition) is 5. The van der Waals surface area contributed by atoms with Gasteiger partial charge in [-0.3, -0.25) is 14.4 Å². The van der Waals surface area contributed by atoms with Gasteiger partial charge in [0.05, 0.1) is 18.7 Å². The van der Waals surface area contributed by atoms with Gasteiger partial charge in [-0.05, 0) is 18.8 Å². The Bertz CT molecular complexity index is 496. The van der Waals surface area contributed by atoms with Gasteiger partial charge < -0.3 is 31.6 Å². The Morgan fingerprint density at radius 3 is 1.96 bits per heavy atom. The van der Waals surface area contributed by atoms with E-state index in [0.29, 0.717) is 12.7 Å². The number of nitrogens with one attached hydrogen (secondary N) is 3. The van der Waals surface area contributed by atoms with Crippen LogP contribution in [0.3, 0.4) is 0 Å². The van der Waals surface area contributed by atoms with Gasteiger partial charge >= 0.3 is 0 Å². The Labute approximate surface area is 154 Å². The molecule has 0 aliphatic carbocycles. The van der Waals surface area contributed by atoms with Crippen LogP contribution in [0.15, 0.2) is 0 Å². The number of nitrogens with two attached hydrogens (primary N) is 1. The number of aliphatic hydroxyl groups is 1. The third-order valence-corrected chi connectivity index (χ3v) is 4.24. The lowest BCUT2D eigenvalue weighted by molar-refractivity contribution is -0.135. The maximum Gasteiger partial charge on any atom is 0.245 e. The van der Waals surface area contributed by atoms with E-state index in [1.54, 1.807) is 20.8 Å². The Morgan fingerprint density at radius 2 is 1.54 bits per heavy atom. The number of carbonyl (C=O) groups is 4. The highest BCUT2D eigenvalue weighted by molar-refractivity contribution is 5.93. The quantitative estimate of drug-likeness (QED) is 0.284. The molecule has 0 bridgehead atoms. The van der Waals surface area contributed by atoms with E-state index in [2.05, 4.69) is 16.0 Å². The van der Waals surface area contributed by atoms with E-state index in [0.717, 1.165) is 0 Å². The Kier molecular flexibility index (Phi) is 10.7. The first kappa shape index (κ1) is 24.0. The van der Waals surface area contributed by atoms with Gasteiger partial charge in [0.15, 0.2) is 0 Å². The number of aliphatic hydroxyl groups excluding tert-OH is 1. The molecule has 0 fully saturated rings. The number of rotatable bonds is 11. The first-order valence-corrected chi connectivity index (χ1v) is 8.82. The van der Waals surface area contributed by atoms with Gasteiger partial charge in [-0.15, -0.1) is 0 Å². The minimum Gasteiger partial charge on any atom is -0.391 e. The van der Waals surface area contributed by atoms with E-state index < -0.39 is 42.0 Å². The van der Waals surface area contributed by atoms with Crippen molar-refractivity contribution in [3.05, 3.63) is 0 Å². The second-order valence-corrected chi connectivity index (χ2v) is 6.78. The molecule has 0 aliphatic heterocycles. The summed E-state index contributed by atoms with van der Waals surface area (Å²) in [6.07, 6.45) is -0.0444. The summed E-state index contributed by atoms with van der Waals surface area (Å²) in [4.78, 5) is 47.3. The van der Waals surface area contributed by atoms with Gasteiger partial charge in [0.2, 0.25) is 17.7 Å². The molecule has 0 saturated carbocycles. The van der Waals surface area contributed by atoms with Gasteiger partial charge in [-0.2, -0.15) is 0 Å². The summed E-state index contributed by atoms with van der Waals surface area (Å²) in [5, 5.41) is 17.3. The maximum atomic E-state index is 12.5. The molecular formula is C17H32N4O5. The van der Waals surface area contributed by atoms with Crippen molar-refractivity contribution in [2.24, 2.45) is 17.6 Å². The van der Waals surface area contributed by atoms with Gasteiger partial charge in [-0.25, -0.2) is 0 Å². The van der Waals surface area contributed by atoms with Gasteiger partial charge in [0.1, 0.15) is 18.4 Å². The van der Waals surface area contributed by atoms with Crippen molar-refractivity contribution >= 4 is 24.0 Å². The van der Waals surface area contributed by atoms with Crippen LogP contribution in [0, 0.1) is 11.8 Å². The van der Waals surface area contributed by atoms with Gasteiger partial charge in [0, 0.05) is 0 Å². The van der Waals surface area contributed by atoms with Crippen LogP contribution in [0.5, 0.6) is 0 Å². The van der Waals surface area contributed by atoms with Crippen LogP contribution in [-0.2, 0) is 19.2 Å². The zero-order chi connectivity index (χ0) is 20.4. The molecule has 0 heterocycles. The van der Waals surface area contributed by atoms with Crippen LogP contribution in [0.4, 0.5) is 0 Å². The molecule has 0 saturated heterocycles. The minimum absolute atomic E-state index is 0.144. The summed E-state index contributed by atoms with van der Waals surface area (Å²) < 4.78 is 0. The van der Waals surface area contributed by atoms with E-state index >= 15 is 0 Å². The van der Waals surface area contributed by atoms with Crippen LogP contribution in [0.2, 0.25) is 0 Å². The molecule has 3 amide bonds. The van der Waals surface area contributed by atoms with Gasteiger partial charge in [0.25, 0.3) is 0 Å². The van der Waals surface area contributed by atoms with E-state index in [1.807, 2.05) is 6.92 Å². The fourth-order valence-electron chi connectivity index (χ4n) is 2.15. The molecule has 0 aromatic heterocycles. The molecule has 0 radical (unpaired) electrons. The number of amides is 3. The molecule has 0 unspecified atom stereocenters. The molecule has 0 rings (SSSR count). The number of aldehydes is 1. The summed E-state index contributed by atoms with van der Waals surface area (Å²) in [5.41, 5.74) is 5.76. The average molecular weight is 372 g/mol. The molecule has 0 aromatic rings. The van der Waals surface area contributed by atoms with E-state index in [1.165, 1.54) is 6.92 Å². The predicted octanol–water partition coefficient (Wildman–Crippen LogP) is -1.32. The van der Waals surface area contributed by atoms with Crippen molar-refractivity contribution in [1.29, 1.82) is 0 Å². The minimum atomic E-state index is -1.25. The third-order valence-electron chi connectivity index (χ3n) is 4.24. The number of hydrogen-bond acceptors (Lipinski definition) is 6. The second-order valence-electron chi connectivity index (χ2n) is 6.78. The molecule has 9 nitrogen and oxygen atoms in total. The largest absolute Gasteiger partial charge is 0.391 e. The first-order chi connectivity index (χ1) is 12.1. The summed E-state index contributed by atoms with van der Waals surface area (Å²) in [7, 11) is 0. The summed E-state index contributed by atoms with van der Waals surface area (Å²) in [5.74, 6) is -2.12. The molecule has 0 aliphatic rings. The second kappa shape index (κ2) is 11.6. The standard InChI is InChI=1S/C17H32N4O5/c1-6-10(4)13(16(25)19-7-8-22)20-17(26)14(11(5)23)21-15(24)12(18)9(2)3/h8-14,23H,6-7,18H2,1-5H3,(H,19,25)(H,20,26)(H,21,24)/t10-,11+,12-,13-,14-/m0/s1. The highest BCUT2D eigenvalue weighted by Crippen LogP contribution is 2.09. The normalized spacial score (nSPS) is 16.8. The van der Waals surface area contributed by atoms with E-state index in [-0.39, 0.29) is 18.4 Å². The lowest BCUT2D eigenvalue weighted by Gasteiger charge is -2.28. The summed E-state index contributed by atoms with van der Waals surface area (Å²) in [6, 6.07) is -2.98. The van der Waals surface area contributed by atoms with Crippen molar-refractivity contribution in [2.75, 3.05) is 6.54 Å². The average Bonchev–Trinajstić information content (AvgIpc) is 2.59.